The van der Waals surface area contributed by atoms with Crippen molar-refractivity contribution in [1.82, 2.24) is 15.0 Å². The molecule has 1 N–H and O–H groups in total. The van der Waals surface area contributed by atoms with Crippen molar-refractivity contribution >= 4 is 5.97 Å². The minimum absolute atomic E-state index is 0.0942. The van der Waals surface area contributed by atoms with Gasteiger partial charge in [0.05, 0.1) is 25.0 Å². The van der Waals surface area contributed by atoms with E-state index in [-0.39, 0.29) is 19.6 Å². The van der Waals surface area contributed by atoms with Crippen molar-refractivity contribution in [3.63, 3.8) is 0 Å². The number of benzene rings is 1. The second kappa shape index (κ2) is 10.3. The molecular weight excluding hydrogens is 386 g/mol. The molecule has 0 aliphatic carbocycles. The molecule has 0 saturated heterocycles. The number of methoxy groups -OCH3 is 1. The molecule has 2 heterocycles. The van der Waals surface area contributed by atoms with Gasteiger partial charge in [-0.05, 0) is 36.8 Å². The SMILES string of the molecule is CCOC(=O)[C@@H](O)Cc1ccccc1OCc1ccnc(-c2cccnc2OC)n1. The summed E-state index contributed by atoms with van der Waals surface area (Å²) in [6.07, 6.45) is 2.12. The Morgan fingerprint density at radius 2 is 1.93 bits per heavy atom. The van der Waals surface area contributed by atoms with E-state index in [1.54, 1.807) is 50.7 Å². The first kappa shape index (κ1) is 21.2. The molecule has 0 bridgehead atoms. The molecule has 0 unspecified atom stereocenters. The molecule has 156 valence electrons. The summed E-state index contributed by atoms with van der Waals surface area (Å²) in [7, 11) is 1.54. The van der Waals surface area contributed by atoms with Gasteiger partial charge in [-0.15, -0.1) is 0 Å². The summed E-state index contributed by atoms with van der Waals surface area (Å²) < 4.78 is 16.0. The maximum atomic E-state index is 11.7. The lowest BCUT2D eigenvalue weighted by molar-refractivity contribution is -0.152. The molecule has 0 radical (unpaired) electrons. The lowest BCUT2D eigenvalue weighted by atomic mass is 10.1. The fourth-order valence-corrected chi connectivity index (χ4v) is 2.82. The van der Waals surface area contributed by atoms with Crippen molar-refractivity contribution in [2.75, 3.05) is 13.7 Å². The van der Waals surface area contributed by atoms with Crippen LogP contribution in [0.5, 0.6) is 11.6 Å². The monoisotopic (exact) mass is 409 g/mol. The maximum absolute atomic E-state index is 11.7. The molecule has 30 heavy (non-hydrogen) atoms. The molecule has 0 aliphatic rings. The smallest absolute Gasteiger partial charge is 0.335 e. The predicted octanol–water partition coefficient (Wildman–Crippen LogP) is 2.59. The van der Waals surface area contributed by atoms with Crippen molar-refractivity contribution in [3.8, 4) is 23.0 Å². The van der Waals surface area contributed by atoms with Gasteiger partial charge in [0.1, 0.15) is 12.4 Å². The summed E-state index contributed by atoms with van der Waals surface area (Å²) >= 11 is 0. The fraction of sp³-hybridized carbons (Fsp3) is 0.273. The molecule has 0 spiro atoms. The van der Waals surface area contributed by atoms with E-state index in [9.17, 15) is 9.90 Å². The number of hydrogen-bond acceptors (Lipinski definition) is 8. The Morgan fingerprint density at radius 1 is 1.10 bits per heavy atom. The first-order valence-electron chi connectivity index (χ1n) is 9.49. The van der Waals surface area contributed by atoms with Gasteiger partial charge in [0.15, 0.2) is 11.9 Å². The van der Waals surface area contributed by atoms with Crippen LogP contribution in [-0.2, 0) is 22.6 Å². The molecule has 8 heteroatoms. The number of ether oxygens (including phenoxy) is 3. The summed E-state index contributed by atoms with van der Waals surface area (Å²) in [5.41, 5.74) is 2.03. The topological polar surface area (TPSA) is 104 Å². The van der Waals surface area contributed by atoms with Gasteiger partial charge >= 0.3 is 5.97 Å². The highest BCUT2D eigenvalue weighted by molar-refractivity contribution is 5.74. The van der Waals surface area contributed by atoms with E-state index in [2.05, 4.69) is 15.0 Å². The van der Waals surface area contributed by atoms with Crippen LogP contribution < -0.4 is 9.47 Å². The number of pyridine rings is 1. The molecule has 1 aromatic carbocycles. The number of aliphatic hydroxyl groups is 1. The zero-order chi connectivity index (χ0) is 21.3. The molecular formula is C22H23N3O5. The van der Waals surface area contributed by atoms with Gasteiger partial charge < -0.3 is 19.3 Å². The van der Waals surface area contributed by atoms with E-state index in [0.717, 1.165) is 0 Å². The van der Waals surface area contributed by atoms with E-state index in [1.807, 2.05) is 18.2 Å². The second-order valence-electron chi connectivity index (χ2n) is 6.30. The normalized spacial score (nSPS) is 11.6. The van der Waals surface area contributed by atoms with Crippen molar-refractivity contribution in [2.45, 2.75) is 26.1 Å². The van der Waals surface area contributed by atoms with Gasteiger partial charge in [-0.3, -0.25) is 0 Å². The molecule has 0 fully saturated rings. The van der Waals surface area contributed by atoms with Crippen molar-refractivity contribution in [1.29, 1.82) is 0 Å². The molecule has 2 aromatic heterocycles. The van der Waals surface area contributed by atoms with Crippen LogP contribution in [0, 0.1) is 0 Å². The third-order valence-corrected chi connectivity index (χ3v) is 4.24. The molecule has 3 aromatic rings. The molecule has 0 aliphatic heterocycles. The number of esters is 1. The fourth-order valence-electron chi connectivity index (χ4n) is 2.82. The van der Waals surface area contributed by atoms with Gasteiger partial charge in [-0.1, -0.05) is 18.2 Å². The number of para-hydroxylation sites is 1. The Morgan fingerprint density at radius 3 is 2.73 bits per heavy atom. The van der Waals surface area contributed by atoms with Crippen molar-refractivity contribution < 1.29 is 24.1 Å². The van der Waals surface area contributed by atoms with E-state index in [4.69, 9.17) is 14.2 Å². The average Bonchev–Trinajstić information content (AvgIpc) is 2.78. The number of carbonyl (C=O) groups excluding carboxylic acids is 1. The Labute approximate surface area is 174 Å². The highest BCUT2D eigenvalue weighted by Gasteiger charge is 2.19. The zero-order valence-electron chi connectivity index (χ0n) is 16.8. The van der Waals surface area contributed by atoms with Crippen LogP contribution in [0.3, 0.4) is 0 Å². The van der Waals surface area contributed by atoms with Crippen LogP contribution in [0.1, 0.15) is 18.2 Å². The van der Waals surface area contributed by atoms with Crippen molar-refractivity contribution in [2.24, 2.45) is 0 Å². The first-order valence-corrected chi connectivity index (χ1v) is 9.49. The van der Waals surface area contributed by atoms with Crippen LogP contribution in [0.25, 0.3) is 11.4 Å². The van der Waals surface area contributed by atoms with Gasteiger partial charge in [-0.25, -0.2) is 19.7 Å². The van der Waals surface area contributed by atoms with Crippen molar-refractivity contribution in [3.05, 3.63) is 66.1 Å². The molecule has 3 rings (SSSR count). The van der Waals surface area contributed by atoms with Crippen LogP contribution >= 0.6 is 0 Å². The lowest BCUT2D eigenvalue weighted by Crippen LogP contribution is -2.25. The van der Waals surface area contributed by atoms with Crippen LogP contribution in [0.4, 0.5) is 0 Å². The van der Waals surface area contributed by atoms with E-state index < -0.39 is 12.1 Å². The number of nitrogens with zero attached hydrogens (tertiary/aromatic N) is 3. The quantitative estimate of drug-likeness (QED) is 0.538. The van der Waals surface area contributed by atoms with Gasteiger partial charge in [0, 0.05) is 18.8 Å². The third kappa shape index (κ3) is 5.30. The molecule has 0 saturated carbocycles. The summed E-state index contributed by atoms with van der Waals surface area (Å²) in [6, 6.07) is 12.6. The summed E-state index contributed by atoms with van der Waals surface area (Å²) in [5.74, 6) is 0.819. The number of aliphatic hydroxyl groups excluding tert-OH is 1. The van der Waals surface area contributed by atoms with Gasteiger partial charge in [-0.2, -0.15) is 0 Å². The van der Waals surface area contributed by atoms with E-state index in [0.29, 0.717) is 34.3 Å². The average molecular weight is 409 g/mol. The minimum atomic E-state index is -1.25. The predicted molar refractivity (Wildman–Crippen MR) is 109 cm³/mol. The van der Waals surface area contributed by atoms with E-state index >= 15 is 0 Å². The van der Waals surface area contributed by atoms with Gasteiger partial charge in [0.25, 0.3) is 0 Å². The highest BCUT2D eigenvalue weighted by atomic mass is 16.5. The van der Waals surface area contributed by atoms with Gasteiger partial charge in [0.2, 0.25) is 5.88 Å². The second-order valence-corrected chi connectivity index (χ2v) is 6.30. The standard InChI is InChI=1S/C22H23N3O5/c1-3-29-22(27)18(26)13-15-7-4-5-9-19(15)30-14-16-10-12-23-20(25-16)17-8-6-11-24-21(17)28-2/h4-12,18,26H,3,13-14H2,1-2H3/t18-/m0/s1. The number of hydrogen-bond donors (Lipinski definition) is 1. The third-order valence-electron chi connectivity index (χ3n) is 4.24. The largest absolute Gasteiger partial charge is 0.487 e. The molecule has 0 amide bonds. The Balaban J connectivity index is 1.73. The van der Waals surface area contributed by atoms with Crippen LogP contribution in [-0.4, -0.2) is 45.8 Å². The number of aromatic nitrogens is 3. The summed E-state index contributed by atoms with van der Waals surface area (Å²) in [4.78, 5) is 24.7. The minimum Gasteiger partial charge on any atom is -0.487 e. The number of carbonyl (C=O) groups is 1. The first-order chi connectivity index (χ1) is 14.6. The highest BCUT2D eigenvalue weighted by Crippen LogP contribution is 2.25. The van der Waals surface area contributed by atoms with E-state index in [1.165, 1.54) is 0 Å². The van der Waals surface area contributed by atoms with Crippen LogP contribution in [0.2, 0.25) is 0 Å². The summed E-state index contributed by atoms with van der Waals surface area (Å²) in [6.45, 7) is 2.09. The summed E-state index contributed by atoms with van der Waals surface area (Å²) in [5, 5.41) is 10.1. The maximum Gasteiger partial charge on any atom is 0.335 e. The Bertz CT molecular complexity index is 996. The number of rotatable bonds is 9. The lowest BCUT2D eigenvalue weighted by Gasteiger charge is -2.14. The molecule has 8 nitrogen and oxygen atoms in total. The molecule has 1 atom stereocenters. The Kier molecular flexibility index (Phi) is 7.29. The Hall–Kier alpha value is -3.52. The van der Waals surface area contributed by atoms with Crippen LogP contribution in [0.15, 0.2) is 54.9 Å². The zero-order valence-corrected chi connectivity index (χ0v) is 16.8.